The second-order valence-corrected chi connectivity index (χ2v) is 4.58. The molecule has 0 aliphatic carbocycles. The molecule has 0 spiro atoms. The minimum atomic E-state index is -0.0297. The van der Waals surface area contributed by atoms with Gasteiger partial charge in [-0.1, -0.05) is 0 Å². The lowest BCUT2D eigenvalue weighted by molar-refractivity contribution is 0.0528. The predicted molar refractivity (Wildman–Crippen MR) is 66.6 cm³/mol. The summed E-state index contributed by atoms with van der Waals surface area (Å²) in [7, 11) is 2.07. The fourth-order valence-electron chi connectivity index (χ4n) is 2.15. The Kier molecular flexibility index (Phi) is 3.28. The normalized spacial score (nSPS) is 21.5. The average molecular weight is 234 g/mol. The van der Waals surface area contributed by atoms with E-state index in [1.807, 2.05) is 4.90 Å². The first-order valence-electron chi connectivity index (χ1n) is 5.79. The molecule has 17 heavy (non-hydrogen) atoms. The van der Waals surface area contributed by atoms with Crippen LogP contribution in [0.2, 0.25) is 0 Å². The lowest BCUT2D eigenvalue weighted by Crippen LogP contribution is -2.52. The van der Waals surface area contributed by atoms with Gasteiger partial charge in [-0.05, 0) is 26.1 Å². The highest BCUT2D eigenvalue weighted by atomic mass is 16.2. The van der Waals surface area contributed by atoms with Gasteiger partial charge in [0.25, 0.3) is 5.91 Å². The van der Waals surface area contributed by atoms with Crippen molar-refractivity contribution in [1.82, 2.24) is 14.8 Å². The maximum atomic E-state index is 12.3. The highest BCUT2D eigenvalue weighted by Crippen LogP contribution is 2.13. The van der Waals surface area contributed by atoms with E-state index in [4.69, 9.17) is 5.73 Å². The van der Waals surface area contributed by atoms with E-state index in [0.29, 0.717) is 11.4 Å². The van der Waals surface area contributed by atoms with Gasteiger partial charge in [-0.25, -0.2) is 0 Å². The minimum Gasteiger partial charge on any atom is -0.399 e. The van der Waals surface area contributed by atoms with E-state index in [1.165, 1.54) is 0 Å². The largest absolute Gasteiger partial charge is 0.399 e. The molecule has 1 unspecified atom stereocenters. The van der Waals surface area contributed by atoms with Crippen molar-refractivity contribution in [1.29, 1.82) is 0 Å². The molecule has 1 fully saturated rings. The summed E-state index contributed by atoms with van der Waals surface area (Å²) in [6.07, 6.45) is 1.57. The Hall–Kier alpha value is -1.62. The Morgan fingerprint density at radius 3 is 2.94 bits per heavy atom. The number of piperazine rings is 1. The Morgan fingerprint density at radius 1 is 1.53 bits per heavy atom. The Bertz CT molecular complexity index is 421. The molecular formula is C12H18N4O. The number of nitrogen functional groups attached to an aromatic ring is 1. The van der Waals surface area contributed by atoms with Crippen molar-refractivity contribution in [3.63, 3.8) is 0 Å². The first-order valence-corrected chi connectivity index (χ1v) is 5.79. The van der Waals surface area contributed by atoms with Gasteiger partial charge >= 0.3 is 0 Å². The van der Waals surface area contributed by atoms with Crippen LogP contribution >= 0.6 is 0 Å². The second-order valence-electron chi connectivity index (χ2n) is 4.58. The number of hydrogen-bond acceptors (Lipinski definition) is 4. The monoisotopic (exact) mass is 234 g/mol. The molecule has 0 saturated carbocycles. The maximum Gasteiger partial charge on any atom is 0.272 e. The highest BCUT2D eigenvalue weighted by molar-refractivity contribution is 5.93. The van der Waals surface area contributed by atoms with E-state index >= 15 is 0 Å². The van der Waals surface area contributed by atoms with Crippen molar-refractivity contribution >= 4 is 11.6 Å². The van der Waals surface area contributed by atoms with Gasteiger partial charge in [-0.15, -0.1) is 0 Å². The summed E-state index contributed by atoms with van der Waals surface area (Å²) in [4.78, 5) is 20.4. The number of likely N-dealkylation sites (N-methyl/N-ethyl adjacent to an activating group) is 1. The Morgan fingerprint density at radius 2 is 2.29 bits per heavy atom. The quantitative estimate of drug-likeness (QED) is 0.766. The lowest BCUT2D eigenvalue weighted by atomic mass is 10.1. The molecule has 2 N–H and O–H groups in total. The molecular weight excluding hydrogens is 216 g/mol. The van der Waals surface area contributed by atoms with Crippen LogP contribution in [0.1, 0.15) is 17.4 Å². The standard InChI is InChI=1S/C12H18N4O/c1-9-8-15(2)5-6-16(9)12(17)11-7-10(13)3-4-14-11/h3-4,7,9H,5-6,8H2,1-2H3,(H2,13,14). The number of carbonyl (C=O) groups is 1. The van der Waals surface area contributed by atoms with Crippen molar-refractivity contribution < 1.29 is 4.79 Å². The molecule has 1 aromatic rings. The van der Waals surface area contributed by atoms with Gasteiger partial charge in [-0.3, -0.25) is 9.78 Å². The van der Waals surface area contributed by atoms with Crippen molar-refractivity contribution in [3.05, 3.63) is 24.0 Å². The zero-order valence-corrected chi connectivity index (χ0v) is 10.3. The summed E-state index contributed by atoms with van der Waals surface area (Å²) >= 11 is 0. The number of anilines is 1. The van der Waals surface area contributed by atoms with Gasteiger partial charge < -0.3 is 15.5 Å². The number of carbonyl (C=O) groups excluding carboxylic acids is 1. The van der Waals surface area contributed by atoms with Crippen LogP contribution in [0.5, 0.6) is 0 Å². The van der Waals surface area contributed by atoms with Crippen LogP contribution in [0, 0.1) is 0 Å². The van der Waals surface area contributed by atoms with E-state index < -0.39 is 0 Å². The number of nitrogens with two attached hydrogens (primary N) is 1. The molecule has 92 valence electrons. The number of nitrogens with zero attached hydrogens (tertiary/aromatic N) is 3. The average Bonchev–Trinajstić information content (AvgIpc) is 2.28. The molecule has 1 amide bonds. The Balaban J connectivity index is 2.15. The topological polar surface area (TPSA) is 62.5 Å². The fourth-order valence-corrected chi connectivity index (χ4v) is 2.15. The zero-order valence-electron chi connectivity index (χ0n) is 10.3. The van der Waals surface area contributed by atoms with E-state index in [0.717, 1.165) is 19.6 Å². The molecule has 2 heterocycles. The van der Waals surface area contributed by atoms with Crippen molar-refractivity contribution in [2.45, 2.75) is 13.0 Å². The molecule has 1 aromatic heterocycles. The summed E-state index contributed by atoms with van der Waals surface area (Å²) in [6.45, 7) is 4.60. The van der Waals surface area contributed by atoms with Gasteiger partial charge in [0, 0.05) is 37.6 Å². The third-order valence-electron chi connectivity index (χ3n) is 3.09. The first-order chi connectivity index (χ1) is 8.08. The number of amides is 1. The van der Waals surface area contributed by atoms with Crippen LogP contribution in [0.15, 0.2) is 18.3 Å². The molecule has 1 atom stereocenters. The van der Waals surface area contributed by atoms with Crippen molar-refractivity contribution in [2.24, 2.45) is 0 Å². The van der Waals surface area contributed by atoms with Gasteiger partial charge in [0.1, 0.15) is 5.69 Å². The molecule has 1 aliphatic heterocycles. The van der Waals surface area contributed by atoms with Gasteiger partial charge in [0.15, 0.2) is 0 Å². The van der Waals surface area contributed by atoms with Crippen LogP contribution in [-0.2, 0) is 0 Å². The third kappa shape index (κ3) is 2.55. The number of aromatic nitrogens is 1. The molecule has 1 saturated heterocycles. The van der Waals surface area contributed by atoms with Gasteiger partial charge in [-0.2, -0.15) is 0 Å². The number of pyridine rings is 1. The van der Waals surface area contributed by atoms with Crippen LogP contribution in [0.25, 0.3) is 0 Å². The number of rotatable bonds is 1. The van der Waals surface area contributed by atoms with Gasteiger partial charge in [0.2, 0.25) is 0 Å². The van der Waals surface area contributed by atoms with E-state index in [9.17, 15) is 4.79 Å². The molecule has 1 aliphatic rings. The molecule has 2 rings (SSSR count). The summed E-state index contributed by atoms with van der Waals surface area (Å²) < 4.78 is 0. The third-order valence-corrected chi connectivity index (χ3v) is 3.09. The van der Waals surface area contributed by atoms with Crippen LogP contribution in [0.3, 0.4) is 0 Å². The van der Waals surface area contributed by atoms with Gasteiger partial charge in [0.05, 0.1) is 0 Å². The smallest absolute Gasteiger partial charge is 0.272 e. The fraction of sp³-hybridized carbons (Fsp3) is 0.500. The Labute approximate surface area is 101 Å². The molecule has 0 aromatic carbocycles. The molecule has 0 bridgehead atoms. The summed E-state index contributed by atoms with van der Waals surface area (Å²) in [6, 6.07) is 3.53. The van der Waals surface area contributed by atoms with Crippen molar-refractivity contribution in [3.8, 4) is 0 Å². The number of hydrogen-bond donors (Lipinski definition) is 1. The molecule has 5 nitrogen and oxygen atoms in total. The predicted octanol–water partition coefficient (Wildman–Crippen LogP) is 0.440. The van der Waals surface area contributed by atoms with Crippen LogP contribution in [0.4, 0.5) is 5.69 Å². The van der Waals surface area contributed by atoms with Crippen LogP contribution < -0.4 is 5.73 Å². The van der Waals surface area contributed by atoms with Crippen molar-refractivity contribution in [2.75, 3.05) is 32.4 Å². The van der Waals surface area contributed by atoms with E-state index in [2.05, 4.69) is 23.9 Å². The maximum absolute atomic E-state index is 12.3. The summed E-state index contributed by atoms with van der Waals surface area (Å²) in [5, 5.41) is 0. The highest BCUT2D eigenvalue weighted by Gasteiger charge is 2.27. The van der Waals surface area contributed by atoms with Crippen LogP contribution in [-0.4, -0.2) is 53.4 Å². The first kappa shape index (κ1) is 11.9. The second kappa shape index (κ2) is 4.71. The zero-order chi connectivity index (χ0) is 12.4. The van der Waals surface area contributed by atoms with E-state index in [-0.39, 0.29) is 11.9 Å². The summed E-state index contributed by atoms with van der Waals surface area (Å²) in [5.74, 6) is -0.0297. The van der Waals surface area contributed by atoms with E-state index in [1.54, 1.807) is 18.3 Å². The lowest BCUT2D eigenvalue weighted by Gasteiger charge is -2.38. The molecule has 0 radical (unpaired) electrons. The summed E-state index contributed by atoms with van der Waals surface area (Å²) in [5.41, 5.74) is 6.67. The SMILES string of the molecule is CC1CN(C)CCN1C(=O)c1cc(N)ccn1. The minimum absolute atomic E-state index is 0.0297. The molecule has 5 heteroatoms.